The Balaban J connectivity index is 1.59. The smallest absolute Gasteiger partial charge is 0.408 e. The average Bonchev–Trinajstić information content (AvgIpc) is 3.06. The lowest BCUT2D eigenvalue weighted by molar-refractivity contribution is -0.150. The molecule has 2 amide bonds. The van der Waals surface area contributed by atoms with Gasteiger partial charge in [-0.25, -0.2) is 9.59 Å². The Morgan fingerprint density at radius 2 is 1.93 bits per heavy atom. The van der Waals surface area contributed by atoms with Crippen LogP contribution in [0.1, 0.15) is 44.6 Å². The Morgan fingerprint density at radius 1 is 1.22 bits per heavy atom. The van der Waals surface area contributed by atoms with Crippen LogP contribution < -0.4 is 5.32 Å². The number of benzene rings is 1. The Kier molecular flexibility index (Phi) is 5.98. The first kappa shape index (κ1) is 19.2. The predicted molar refractivity (Wildman–Crippen MR) is 97.9 cm³/mol. The van der Waals surface area contributed by atoms with Crippen LogP contribution in [-0.2, 0) is 20.9 Å². The number of aliphatic carboxylic acids is 1. The summed E-state index contributed by atoms with van der Waals surface area (Å²) in [7, 11) is 0. The summed E-state index contributed by atoms with van der Waals surface area (Å²) in [5.41, 5.74) is 0.849. The van der Waals surface area contributed by atoms with Gasteiger partial charge in [-0.15, -0.1) is 0 Å². The maximum atomic E-state index is 12.9. The number of carboxylic acids is 1. The minimum absolute atomic E-state index is 0.0445. The molecule has 0 radical (unpaired) electrons. The Labute approximate surface area is 158 Å². The van der Waals surface area contributed by atoms with E-state index < -0.39 is 24.1 Å². The number of carbonyl (C=O) groups is 3. The normalized spacial score (nSPS) is 25.4. The second-order valence-corrected chi connectivity index (χ2v) is 7.37. The summed E-state index contributed by atoms with van der Waals surface area (Å²) in [5.74, 6) is -1.09. The number of nitrogens with one attached hydrogen (secondary N) is 1. The van der Waals surface area contributed by atoms with E-state index in [9.17, 15) is 19.5 Å². The molecule has 4 atom stereocenters. The Morgan fingerprint density at radius 3 is 2.63 bits per heavy atom. The van der Waals surface area contributed by atoms with Gasteiger partial charge in [0, 0.05) is 6.04 Å². The second kappa shape index (κ2) is 8.41. The van der Waals surface area contributed by atoms with Crippen molar-refractivity contribution in [1.82, 2.24) is 10.2 Å². The minimum Gasteiger partial charge on any atom is -0.480 e. The lowest BCUT2D eigenvalue weighted by atomic mass is 9.84. The molecule has 0 aromatic heterocycles. The zero-order valence-corrected chi connectivity index (χ0v) is 15.5. The Hall–Kier alpha value is -2.57. The van der Waals surface area contributed by atoms with Gasteiger partial charge in [-0.2, -0.15) is 0 Å². The van der Waals surface area contributed by atoms with E-state index in [-0.39, 0.29) is 24.5 Å². The molecule has 1 aliphatic carbocycles. The van der Waals surface area contributed by atoms with Crippen molar-refractivity contribution in [1.29, 1.82) is 0 Å². The molecular formula is C20H26N2O5. The largest absolute Gasteiger partial charge is 0.480 e. The van der Waals surface area contributed by atoms with E-state index in [0.29, 0.717) is 6.42 Å². The number of rotatable bonds is 5. The summed E-state index contributed by atoms with van der Waals surface area (Å²) in [6, 6.07) is 7.56. The molecule has 0 bridgehead atoms. The first-order chi connectivity index (χ1) is 13.0. The molecule has 2 N–H and O–H groups in total. The highest BCUT2D eigenvalue weighted by Gasteiger charge is 2.48. The van der Waals surface area contributed by atoms with E-state index in [4.69, 9.17) is 4.74 Å². The van der Waals surface area contributed by atoms with E-state index in [0.717, 1.165) is 31.2 Å². The molecule has 146 valence electrons. The number of ether oxygens (including phenoxy) is 1. The van der Waals surface area contributed by atoms with E-state index in [1.54, 1.807) is 6.92 Å². The van der Waals surface area contributed by atoms with Crippen LogP contribution >= 0.6 is 0 Å². The van der Waals surface area contributed by atoms with Crippen LogP contribution in [0.5, 0.6) is 0 Å². The number of carboxylic acid groups (broad SMARTS) is 1. The SMILES string of the molecule is C[C@H](NC(=O)OCc1ccccc1)C(=O)N1C(C(=O)O)CC2CCCCC21. The fraction of sp³-hybridized carbons (Fsp3) is 0.550. The molecular weight excluding hydrogens is 348 g/mol. The molecule has 27 heavy (non-hydrogen) atoms. The molecule has 3 rings (SSSR count). The fourth-order valence-electron chi connectivity index (χ4n) is 4.22. The number of carbonyl (C=O) groups excluding carboxylic acids is 2. The van der Waals surface area contributed by atoms with Crippen molar-refractivity contribution < 1.29 is 24.2 Å². The number of fused-ring (bicyclic) bond motifs is 1. The van der Waals surface area contributed by atoms with Crippen molar-refractivity contribution >= 4 is 18.0 Å². The first-order valence-corrected chi connectivity index (χ1v) is 9.49. The number of alkyl carbamates (subject to hydrolysis) is 1. The van der Waals surface area contributed by atoms with Gasteiger partial charge < -0.3 is 20.1 Å². The molecule has 1 aromatic rings. The first-order valence-electron chi connectivity index (χ1n) is 9.49. The van der Waals surface area contributed by atoms with Gasteiger partial charge in [0.05, 0.1) is 0 Å². The molecule has 1 saturated carbocycles. The third-order valence-electron chi connectivity index (χ3n) is 5.55. The van der Waals surface area contributed by atoms with Gasteiger partial charge in [0.15, 0.2) is 0 Å². The van der Waals surface area contributed by atoms with Crippen LogP contribution in [0.4, 0.5) is 4.79 Å². The quantitative estimate of drug-likeness (QED) is 0.826. The van der Waals surface area contributed by atoms with Crippen molar-refractivity contribution in [3.05, 3.63) is 35.9 Å². The maximum absolute atomic E-state index is 12.9. The highest BCUT2D eigenvalue weighted by Crippen LogP contribution is 2.40. The maximum Gasteiger partial charge on any atom is 0.408 e. The van der Waals surface area contributed by atoms with Crippen LogP contribution in [-0.4, -0.2) is 46.1 Å². The van der Waals surface area contributed by atoms with Crippen LogP contribution in [0.15, 0.2) is 30.3 Å². The summed E-state index contributed by atoms with van der Waals surface area (Å²) in [6.45, 7) is 1.68. The van der Waals surface area contributed by atoms with E-state index >= 15 is 0 Å². The fourth-order valence-corrected chi connectivity index (χ4v) is 4.22. The molecule has 1 aromatic carbocycles. The molecule has 1 aliphatic heterocycles. The number of hydrogen-bond acceptors (Lipinski definition) is 4. The van der Waals surface area contributed by atoms with E-state index in [1.165, 1.54) is 4.90 Å². The number of nitrogens with zero attached hydrogens (tertiary/aromatic N) is 1. The lowest BCUT2D eigenvalue weighted by Crippen LogP contribution is -2.53. The third-order valence-corrected chi connectivity index (χ3v) is 5.55. The Bertz CT molecular complexity index is 693. The highest BCUT2D eigenvalue weighted by atomic mass is 16.5. The van der Waals surface area contributed by atoms with Gasteiger partial charge in [-0.1, -0.05) is 43.2 Å². The average molecular weight is 374 g/mol. The zero-order valence-electron chi connectivity index (χ0n) is 15.5. The summed E-state index contributed by atoms with van der Waals surface area (Å²) in [6.07, 6.45) is 3.67. The van der Waals surface area contributed by atoms with E-state index in [1.807, 2.05) is 30.3 Å². The summed E-state index contributed by atoms with van der Waals surface area (Å²) >= 11 is 0. The third kappa shape index (κ3) is 4.40. The molecule has 7 heteroatoms. The van der Waals surface area contributed by atoms with Gasteiger partial charge in [0.1, 0.15) is 18.7 Å². The number of amides is 2. The second-order valence-electron chi connectivity index (χ2n) is 7.37. The summed E-state index contributed by atoms with van der Waals surface area (Å²) < 4.78 is 5.16. The topological polar surface area (TPSA) is 95.9 Å². The molecule has 0 spiro atoms. The van der Waals surface area contributed by atoms with Crippen LogP contribution in [0.2, 0.25) is 0 Å². The number of hydrogen-bond donors (Lipinski definition) is 2. The van der Waals surface area contributed by atoms with E-state index in [2.05, 4.69) is 5.32 Å². The van der Waals surface area contributed by atoms with Crippen molar-refractivity contribution in [2.24, 2.45) is 5.92 Å². The summed E-state index contributed by atoms with van der Waals surface area (Å²) in [4.78, 5) is 38.1. The van der Waals surface area contributed by atoms with Crippen molar-refractivity contribution in [3.63, 3.8) is 0 Å². The standard InChI is InChI=1S/C20H26N2O5/c1-13(21-20(26)27-12-14-7-3-2-4-8-14)18(23)22-16-10-6-5-9-15(16)11-17(22)19(24)25/h2-4,7-8,13,15-17H,5-6,9-12H2,1H3,(H,21,26)(H,24,25)/t13-,15?,16?,17?/m0/s1. The monoisotopic (exact) mass is 374 g/mol. The molecule has 3 unspecified atom stereocenters. The minimum atomic E-state index is -0.975. The van der Waals surface area contributed by atoms with Gasteiger partial charge in [0.25, 0.3) is 0 Å². The summed E-state index contributed by atoms with van der Waals surface area (Å²) in [5, 5.41) is 12.1. The van der Waals surface area contributed by atoms with Crippen molar-refractivity contribution in [3.8, 4) is 0 Å². The van der Waals surface area contributed by atoms with Crippen LogP contribution in [0.3, 0.4) is 0 Å². The molecule has 1 heterocycles. The predicted octanol–water partition coefficient (Wildman–Crippen LogP) is 2.55. The zero-order chi connectivity index (χ0) is 19.4. The molecule has 2 aliphatic rings. The molecule has 2 fully saturated rings. The van der Waals surface area contributed by atoms with Gasteiger partial charge >= 0.3 is 12.1 Å². The van der Waals surface area contributed by atoms with Crippen LogP contribution in [0, 0.1) is 5.92 Å². The van der Waals surface area contributed by atoms with Gasteiger partial charge in [-0.3, -0.25) is 4.79 Å². The van der Waals surface area contributed by atoms with Crippen molar-refractivity contribution in [2.45, 2.75) is 63.8 Å². The van der Waals surface area contributed by atoms with Crippen LogP contribution in [0.25, 0.3) is 0 Å². The number of likely N-dealkylation sites (tertiary alicyclic amines) is 1. The molecule has 1 saturated heterocycles. The van der Waals surface area contributed by atoms with Gasteiger partial charge in [-0.05, 0) is 37.7 Å². The van der Waals surface area contributed by atoms with Gasteiger partial charge in [0.2, 0.25) is 5.91 Å². The molecule has 7 nitrogen and oxygen atoms in total. The van der Waals surface area contributed by atoms with Crippen molar-refractivity contribution in [2.75, 3.05) is 0 Å². The highest BCUT2D eigenvalue weighted by molar-refractivity contribution is 5.89. The lowest BCUT2D eigenvalue weighted by Gasteiger charge is -2.34.